The summed E-state index contributed by atoms with van der Waals surface area (Å²) in [5.74, 6) is -0.355. The van der Waals surface area contributed by atoms with E-state index >= 15 is 0 Å². The number of hydrogen-bond donors (Lipinski definition) is 2. The first kappa shape index (κ1) is 15.0. The fourth-order valence-electron chi connectivity index (χ4n) is 1.08. The summed E-state index contributed by atoms with van der Waals surface area (Å²) in [6.07, 6.45) is -2.75. The van der Waals surface area contributed by atoms with Crippen molar-refractivity contribution in [1.82, 2.24) is 5.32 Å². The van der Waals surface area contributed by atoms with Crippen molar-refractivity contribution in [2.75, 3.05) is 6.54 Å². The third-order valence-electron chi connectivity index (χ3n) is 1.94. The number of hydrogen-bond acceptors (Lipinski definition) is 2. The molecule has 0 fully saturated rings. The maximum Gasteiger partial charge on any atom is 0.389 e. The number of carbonyl (C=O) groups excluding carboxylic acids is 1. The molecule has 0 saturated carbocycles. The highest BCUT2D eigenvalue weighted by molar-refractivity contribution is 5.81. The molecule has 1 unspecified atom stereocenters. The summed E-state index contributed by atoms with van der Waals surface area (Å²) in [7, 11) is 0. The number of unbranched alkanes of at least 4 members (excludes halogenated alkanes) is 1. The minimum absolute atomic E-state index is 0.0144. The summed E-state index contributed by atoms with van der Waals surface area (Å²) >= 11 is 0. The third kappa shape index (κ3) is 8.28. The summed E-state index contributed by atoms with van der Waals surface area (Å²) in [6.45, 7) is 3.66. The average molecular weight is 238 g/mol. The zero-order chi connectivity index (χ0) is 12.6. The van der Waals surface area contributed by atoms with E-state index in [1.807, 2.05) is 0 Å². The average Bonchev–Trinajstić information content (AvgIpc) is 2.15. The molecule has 16 heavy (non-hydrogen) atoms. The second-order valence-corrected chi connectivity index (χ2v) is 3.49. The van der Waals surface area contributed by atoms with Gasteiger partial charge in [0.05, 0.1) is 6.04 Å². The first-order chi connectivity index (χ1) is 7.37. The third-order valence-corrected chi connectivity index (χ3v) is 1.94. The van der Waals surface area contributed by atoms with Crippen LogP contribution in [0.5, 0.6) is 0 Å². The number of alkyl halides is 3. The number of carbonyl (C=O) groups is 1. The highest BCUT2D eigenvalue weighted by atomic mass is 19.4. The largest absolute Gasteiger partial charge is 0.389 e. The molecule has 0 aromatic carbocycles. The van der Waals surface area contributed by atoms with Crippen LogP contribution in [0.1, 0.15) is 25.7 Å². The summed E-state index contributed by atoms with van der Waals surface area (Å²) in [4.78, 5) is 11.2. The Morgan fingerprint density at radius 3 is 2.56 bits per heavy atom. The van der Waals surface area contributed by atoms with Crippen LogP contribution >= 0.6 is 0 Å². The van der Waals surface area contributed by atoms with Gasteiger partial charge in [0.25, 0.3) is 0 Å². The van der Waals surface area contributed by atoms with E-state index in [1.165, 1.54) is 6.08 Å². The molecule has 3 nitrogen and oxygen atoms in total. The van der Waals surface area contributed by atoms with Crippen molar-refractivity contribution >= 4 is 5.91 Å². The van der Waals surface area contributed by atoms with Gasteiger partial charge in [-0.2, -0.15) is 13.2 Å². The molecule has 0 aliphatic heterocycles. The van der Waals surface area contributed by atoms with Crippen LogP contribution in [-0.4, -0.2) is 24.7 Å². The molecule has 0 rings (SSSR count). The van der Waals surface area contributed by atoms with Gasteiger partial charge in [-0.15, -0.1) is 6.58 Å². The molecule has 0 saturated heterocycles. The van der Waals surface area contributed by atoms with Gasteiger partial charge in [-0.3, -0.25) is 4.79 Å². The number of halogens is 3. The Bertz CT molecular complexity index is 229. The quantitative estimate of drug-likeness (QED) is 0.524. The summed E-state index contributed by atoms with van der Waals surface area (Å²) in [6, 6.07) is -0.667. The number of amides is 1. The van der Waals surface area contributed by atoms with Crippen molar-refractivity contribution in [2.24, 2.45) is 5.73 Å². The van der Waals surface area contributed by atoms with E-state index in [0.29, 0.717) is 12.8 Å². The van der Waals surface area contributed by atoms with Crippen molar-refractivity contribution in [3.05, 3.63) is 12.7 Å². The Morgan fingerprint density at radius 1 is 1.44 bits per heavy atom. The van der Waals surface area contributed by atoms with Gasteiger partial charge in [0, 0.05) is 13.0 Å². The van der Waals surface area contributed by atoms with E-state index in [9.17, 15) is 18.0 Å². The van der Waals surface area contributed by atoms with E-state index in [2.05, 4.69) is 11.9 Å². The van der Waals surface area contributed by atoms with Crippen LogP contribution < -0.4 is 11.1 Å². The lowest BCUT2D eigenvalue weighted by molar-refractivity contribution is -0.135. The normalized spacial score (nSPS) is 13.2. The second kappa shape index (κ2) is 7.27. The molecule has 1 amide bonds. The lowest BCUT2D eigenvalue weighted by atomic mass is 10.2. The molecule has 0 aromatic heterocycles. The van der Waals surface area contributed by atoms with Crippen LogP contribution in [0, 0.1) is 0 Å². The van der Waals surface area contributed by atoms with Gasteiger partial charge >= 0.3 is 6.18 Å². The van der Waals surface area contributed by atoms with Crippen molar-refractivity contribution < 1.29 is 18.0 Å². The van der Waals surface area contributed by atoms with E-state index in [0.717, 1.165) is 0 Å². The van der Waals surface area contributed by atoms with Gasteiger partial charge in [0.1, 0.15) is 0 Å². The lowest BCUT2D eigenvalue weighted by Gasteiger charge is -2.10. The molecule has 0 aliphatic rings. The summed E-state index contributed by atoms with van der Waals surface area (Å²) in [5.41, 5.74) is 5.45. The van der Waals surface area contributed by atoms with Gasteiger partial charge in [-0.1, -0.05) is 6.08 Å². The molecule has 3 N–H and O–H groups in total. The maximum atomic E-state index is 11.8. The fourth-order valence-corrected chi connectivity index (χ4v) is 1.08. The fraction of sp³-hybridized carbons (Fsp3) is 0.700. The second-order valence-electron chi connectivity index (χ2n) is 3.49. The standard InChI is InChI=1S/C10H17F3N2O/c1-2-5-8(14)9(16)15-7-4-3-6-10(11,12)13/h2,8H,1,3-7,14H2,(H,15,16). The molecule has 0 bridgehead atoms. The molecule has 0 radical (unpaired) electrons. The number of rotatable bonds is 7. The zero-order valence-electron chi connectivity index (χ0n) is 9.02. The Labute approximate surface area is 92.9 Å². The van der Waals surface area contributed by atoms with E-state index in [1.54, 1.807) is 0 Å². The van der Waals surface area contributed by atoms with Crippen molar-refractivity contribution in [2.45, 2.75) is 37.9 Å². The molecule has 1 atom stereocenters. The van der Waals surface area contributed by atoms with Crippen LogP contribution in [-0.2, 0) is 4.79 Å². The number of nitrogens with two attached hydrogens (primary N) is 1. The smallest absolute Gasteiger partial charge is 0.355 e. The summed E-state index contributed by atoms with van der Waals surface area (Å²) < 4.78 is 35.3. The van der Waals surface area contributed by atoms with Crippen LogP contribution in [0.3, 0.4) is 0 Å². The molecule has 0 aliphatic carbocycles. The van der Waals surface area contributed by atoms with Crippen LogP contribution in [0.4, 0.5) is 13.2 Å². The van der Waals surface area contributed by atoms with Gasteiger partial charge in [0.15, 0.2) is 0 Å². The first-order valence-electron chi connectivity index (χ1n) is 5.07. The van der Waals surface area contributed by atoms with E-state index < -0.39 is 18.6 Å². The van der Waals surface area contributed by atoms with Crippen molar-refractivity contribution in [3.8, 4) is 0 Å². The Hall–Kier alpha value is -1.04. The van der Waals surface area contributed by atoms with Gasteiger partial charge in [-0.25, -0.2) is 0 Å². The predicted molar refractivity (Wildman–Crippen MR) is 55.7 cm³/mol. The van der Waals surface area contributed by atoms with E-state index in [-0.39, 0.29) is 18.9 Å². The van der Waals surface area contributed by atoms with Gasteiger partial charge < -0.3 is 11.1 Å². The molecular formula is C10H17F3N2O. The highest BCUT2D eigenvalue weighted by Crippen LogP contribution is 2.21. The van der Waals surface area contributed by atoms with Gasteiger partial charge in [0.2, 0.25) is 5.91 Å². The topological polar surface area (TPSA) is 55.1 Å². The molecule has 6 heteroatoms. The van der Waals surface area contributed by atoms with Crippen LogP contribution in [0.2, 0.25) is 0 Å². The minimum Gasteiger partial charge on any atom is -0.355 e. The first-order valence-corrected chi connectivity index (χ1v) is 5.07. The monoisotopic (exact) mass is 238 g/mol. The van der Waals surface area contributed by atoms with E-state index in [4.69, 9.17) is 5.73 Å². The zero-order valence-corrected chi connectivity index (χ0v) is 9.02. The predicted octanol–water partition coefficient (Wildman–Crippen LogP) is 1.74. The molecule has 0 heterocycles. The molecule has 0 spiro atoms. The molecule has 0 aromatic rings. The Balaban J connectivity index is 3.52. The minimum atomic E-state index is -4.12. The van der Waals surface area contributed by atoms with Crippen molar-refractivity contribution in [1.29, 1.82) is 0 Å². The maximum absolute atomic E-state index is 11.8. The summed E-state index contributed by atoms with van der Waals surface area (Å²) in [5, 5.41) is 2.47. The molecular weight excluding hydrogens is 221 g/mol. The van der Waals surface area contributed by atoms with Gasteiger partial charge in [-0.05, 0) is 19.3 Å². The Kier molecular flexibility index (Phi) is 6.80. The highest BCUT2D eigenvalue weighted by Gasteiger charge is 2.25. The lowest BCUT2D eigenvalue weighted by Crippen LogP contribution is -2.40. The number of nitrogens with one attached hydrogen (secondary N) is 1. The molecule has 94 valence electrons. The van der Waals surface area contributed by atoms with Crippen molar-refractivity contribution in [3.63, 3.8) is 0 Å². The van der Waals surface area contributed by atoms with Crippen LogP contribution in [0.25, 0.3) is 0 Å². The SMILES string of the molecule is C=CCC(N)C(=O)NCCCCC(F)(F)F. The van der Waals surface area contributed by atoms with Crippen LogP contribution in [0.15, 0.2) is 12.7 Å². The Morgan fingerprint density at radius 2 is 2.06 bits per heavy atom.